The molecule has 0 atom stereocenters. The van der Waals surface area contributed by atoms with Crippen LogP contribution in [0.2, 0.25) is 0 Å². The first-order valence-corrected chi connectivity index (χ1v) is 7.00. The Morgan fingerprint density at radius 1 is 1.26 bits per heavy atom. The number of ether oxygens (including phenoxy) is 1. The van der Waals surface area contributed by atoms with Gasteiger partial charge in [-0.1, -0.05) is 0 Å². The number of nitrogens with zero attached hydrogens (tertiary/aromatic N) is 3. The van der Waals surface area contributed by atoms with Gasteiger partial charge in [0, 0.05) is 32.2 Å². The van der Waals surface area contributed by atoms with Crippen LogP contribution in [0.15, 0.2) is 12.1 Å². The highest BCUT2D eigenvalue weighted by atomic mass is 16.5. The average Bonchev–Trinajstić information content (AvgIpc) is 2.41. The molecule has 5 nitrogen and oxygen atoms in total. The van der Waals surface area contributed by atoms with E-state index in [1.165, 1.54) is 0 Å². The molecule has 1 saturated heterocycles. The van der Waals surface area contributed by atoms with Gasteiger partial charge < -0.3 is 15.4 Å². The molecule has 5 heteroatoms. The molecule has 0 amide bonds. The summed E-state index contributed by atoms with van der Waals surface area (Å²) in [6, 6.07) is 4.46. The number of anilines is 2. The highest BCUT2D eigenvalue weighted by Gasteiger charge is 2.20. The number of rotatable bonds is 4. The zero-order valence-electron chi connectivity index (χ0n) is 12.1. The third-order valence-electron chi connectivity index (χ3n) is 3.52. The van der Waals surface area contributed by atoms with Crippen molar-refractivity contribution in [1.29, 1.82) is 0 Å². The third-order valence-corrected chi connectivity index (χ3v) is 3.52. The van der Waals surface area contributed by atoms with Crippen molar-refractivity contribution in [3.63, 3.8) is 0 Å². The summed E-state index contributed by atoms with van der Waals surface area (Å²) in [4.78, 5) is 9.29. The number of piperazine rings is 1. The first-order valence-electron chi connectivity index (χ1n) is 7.00. The summed E-state index contributed by atoms with van der Waals surface area (Å²) in [5.74, 6) is 1.51. The van der Waals surface area contributed by atoms with Gasteiger partial charge >= 0.3 is 0 Å². The minimum atomic E-state index is 0.547. The fourth-order valence-electron chi connectivity index (χ4n) is 2.34. The topological polar surface area (TPSA) is 54.6 Å². The first kappa shape index (κ1) is 13.9. The van der Waals surface area contributed by atoms with Gasteiger partial charge in [-0.05, 0) is 32.9 Å². The van der Waals surface area contributed by atoms with E-state index in [1.54, 1.807) is 0 Å². The van der Waals surface area contributed by atoms with Crippen molar-refractivity contribution in [2.45, 2.75) is 26.8 Å². The lowest BCUT2D eigenvalue weighted by molar-refractivity contribution is 0.209. The molecule has 2 heterocycles. The van der Waals surface area contributed by atoms with E-state index >= 15 is 0 Å². The fraction of sp³-hybridized carbons (Fsp3) is 0.643. The molecule has 1 aromatic rings. The zero-order chi connectivity index (χ0) is 13.8. The van der Waals surface area contributed by atoms with Crippen LogP contribution in [0.25, 0.3) is 0 Å². The van der Waals surface area contributed by atoms with E-state index in [9.17, 15) is 0 Å². The molecular weight excluding hydrogens is 240 g/mol. The Labute approximate surface area is 115 Å². The SMILES string of the molecule is CCOc1nc(N2CCN(C(C)C)CC2)ccc1N. The molecule has 0 aliphatic carbocycles. The molecule has 1 fully saturated rings. The largest absolute Gasteiger partial charge is 0.476 e. The molecule has 1 aliphatic heterocycles. The Morgan fingerprint density at radius 2 is 1.95 bits per heavy atom. The summed E-state index contributed by atoms with van der Waals surface area (Å²) >= 11 is 0. The van der Waals surface area contributed by atoms with Crippen molar-refractivity contribution < 1.29 is 4.74 Å². The first-order chi connectivity index (χ1) is 9.11. The van der Waals surface area contributed by atoms with E-state index in [4.69, 9.17) is 10.5 Å². The molecule has 19 heavy (non-hydrogen) atoms. The molecule has 0 spiro atoms. The quantitative estimate of drug-likeness (QED) is 0.895. The van der Waals surface area contributed by atoms with E-state index in [-0.39, 0.29) is 0 Å². The van der Waals surface area contributed by atoms with Gasteiger partial charge in [-0.25, -0.2) is 0 Å². The second-order valence-electron chi connectivity index (χ2n) is 5.11. The van der Waals surface area contributed by atoms with E-state index in [2.05, 4.69) is 28.6 Å². The highest BCUT2D eigenvalue weighted by Crippen LogP contribution is 2.24. The van der Waals surface area contributed by atoms with Crippen LogP contribution in [-0.2, 0) is 0 Å². The molecule has 1 aromatic heterocycles. The van der Waals surface area contributed by atoms with Crippen molar-refractivity contribution >= 4 is 11.5 Å². The van der Waals surface area contributed by atoms with Crippen molar-refractivity contribution in [2.75, 3.05) is 43.4 Å². The van der Waals surface area contributed by atoms with E-state index < -0.39 is 0 Å². The Hall–Kier alpha value is -1.49. The van der Waals surface area contributed by atoms with Gasteiger partial charge in [0.1, 0.15) is 5.82 Å². The van der Waals surface area contributed by atoms with Gasteiger partial charge in [0.05, 0.1) is 12.3 Å². The molecule has 2 rings (SSSR count). The zero-order valence-corrected chi connectivity index (χ0v) is 12.1. The summed E-state index contributed by atoms with van der Waals surface area (Å²) in [6.45, 7) is 11.2. The predicted octanol–water partition coefficient (Wildman–Crippen LogP) is 1.59. The van der Waals surface area contributed by atoms with Crippen LogP contribution < -0.4 is 15.4 Å². The average molecular weight is 264 g/mol. The minimum absolute atomic E-state index is 0.547. The maximum absolute atomic E-state index is 5.85. The molecule has 0 unspecified atom stereocenters. The van der Waals surface area contributed by atoms with E-state index in [1.807, 2.05) is 19.1 Å². The lowest BCUT2D eigenvalue weighted by atomic mass is 10.2. The molecule has 0 radical (unpaired) electrons. The summed E-state index contributed by atoms with van der Waals surface area (Å²) in [6.07, 6.45) is 0. The summed E-state index contributed by atoms with van der Waals surface area (Å²) in [7, 11) is 0. The highest BCUT2D eigenvalue weighted by molar-refractivity contribution is 5.54. The lowest BCUT2D eigenvalue weighted by Gasteiger charge is -2.37. The predicted molar refractivity (Wildman–Crippen MR) is 78.7 cm³/mol. The number of hydrogen-bond donors (Lipinski definition) is 1. The van der Waals surface area contributed by atoms with Crippen LogP contribution in [0.1, 0.15) is 20.8 Å². The maximum Gasteiger partial charge on any atom is 0.239 e. The Balaban J connectivity index is 2.05. The van der Waals surface area contributed by atoms with Gasteiger partial charge in [-0.2, -0.15) is 4.98 Å². The molecule has 0 aromatic carbocycles. The summed E-state index contributed by atoms with van der Waals surface area (Å²) in [5, 5.41) is 0. The monoisotopic (exact) mass is 264 g/mol. The van der Waals surface area contributed by atoms with Crippen LogP contribution in [0, 0.1) is 0 Å². The normalized spacial score (nSPS) is 16.9. The summed E-state index contributed by atoms with van der Waals surface area (Å²) < 4.78 is 5.45. The van der Waals surface area contributed by atoms with Crippen LogP contribution in [0.4, 0.5) is 11.5 Å². The van der Waals surface area contributed by atoms with E-state index in [0.717, 1.165) is 32.0 Å². The number of nitrogens with two attached hydrogens (primary N) is 1. The third kappa shape index (κ3) is 3.29. The Kier molecular flexibility index (Phi) is 4.47. The smallest absolute Gasteiger partial charge is 0.239 e. The van der Waals surface area contributed by atoms with Gasteiger partial charge in [0.2, 0.25) is 5.88 Å². The summed E-state index contributed by atoms with van der Waals surface area (Å²) in [5.41, 5.74) is 6.46. The van der Waals surface area contributed by atoms with Crippen LogP contribution in [-0.4, -0.2) is 48.7 Å². The molecule has 0 saturated carbocycles. The molecule has 0 bridgehead atoms. The molecular formula is C14H24N4O. The van der Waals surface area contributed by atoms with E-state index in [0.29, 0.717) is 24.2 Å². The molecule has 106 valence electrons. The van der Waals surface area contributed by atoms with Gasteiger partial charge in [0.25, 0.3) is 0 Å². The van der Waals surface area contributed by atoms with Crippen LogP contribution in [0.5, 0.6) is 5.88 Å². The number of pyridine rings is 1. The van der Waals surface area contributed by atoms with Crippen molar-refractivity contribution in [3.05, 3.63) is 12.1 Å². The second kappa shape index (κ2) is 6.10. The van der Waals surface area contributed by atoms with Crippen LogP contribution in [0.3, 0.4) is 0 Å². The molecule has 2 N–H and O–H groups in total. The van der Waals surface area contributed by atoms with Crippen molar-refractivity contribution in [2.24, 2.45) is 0 Å². The molecule has 1 aliphatic rings. The minimum Gasteiger partial charge on any atom is -0.476 e. The number of nitrogen functional groups attached to an aromatic ring is 1. The van der Waals surface area contributed by atoms with Crippen molar-refractivity contribution in [3.8, 4) is 5.88 Å². The lowest BCUT2D eigenvalue weighted by Crippen LogP contribution is -2.49. The van der Waals surface area contributed by atoms with Gasteiger partial charge in [0.15, 0.2) is 0 Å². The standard InChI is InChI=1S/C14H24N4O/c1-4-19-14-12(15)5-6-13(16-14)18-9-7-17(8-10-18)11(2)3/h5-6,11H,4,7-10,15H2,1-3H3. The van der Waals surface area contributed by atoms with Crippen molar-refractivity contribution in [1.82, 2.24) is 9.88 Å². The maximum atomic E-state index is 5.85. The van der Waals surface area contributed by atoms with Gasteiger partial charge in [-0.3, -0.25) is 4.90 Å². The fourth-order valence-corrected chi connectivity index (χ4v) is 2.34. The van der Waals surface area contributed by atoms with Crippen LogP contribution >= 0.6 is 0 Å². The number of aromatic nitrogens is 1. The van der Waals surface area contributed by atoms with Gasteiger partial charge in [-0.15, -0.1) is 0 Å². The Morgan fingerprint density at radius 3 is 2.53 bits per heavy atom. The number of hydrogen-bond acceptors (Lipinski definition) is 5. The second-order valence-corrected chi connectivity index (χ2v) is 5.11. The Bertz CT molecular complexity index is 414.